The van der Waals surface area contributed by atoms with Crippen LogP contribution in [0.5, 0.6) is 0 Å². The Kier molecular flexibility index (Phi) is 5.62. The minimum Gasteiger partial charge on any atom is -0.369 e. The Labute approximate surface area is 79.9 Å². The predicted molar refractivity (Wildman–Crippen MR) is 57.7 cm³/mol. The van der Waals surface area contributed by atoms with Gasteiger partial charge in [0.2, 0.25) is 0 Å². The van der Waals surface area contributed by atoms with E-state index in [0.29, 0.717) is 11.2 Å². The van der Waals surface area contributed by atoms with Crippen molar-refractivity contribution in [2.24, 2.45) is 4.99 Å². The third kappa shape index (κ3) is 6.09. The Bertz CT molecular complexity index is 166. The van der Waals surface area contributed by atoms with Crippen LogP contribution >= 0.6 is 12.2 Å². The average Bonchev–Trinajstić information content (AvgIpc) is 2.00. The van der Waals surface area contributed by atoms with Crippen LogP contribution < -0.4 is 5.32 Å². The lowest BCUT2D eigenvalue weighted by molar-refractivity contribution is 0.634. The highest BCUT2D eigenvalue weighted by Crippen LogP contribution is 1.88. The van der Waals surface area contributed by atoms with Crippen LogP contribution in [-0.4, -0.2) is 36.5 Å². The van der Waals surface area contributed by atoms with Gasteiger partial charge in [-0.1, -0.05) is 6.92 Å². The summed E-state index contributed by atoms with van der Waals surface area (Å²) in [7, 11) is 3.82. The summed E-state index contributed by atoms with van der Waals surface area (Å²) in [5, 5.41) is 3.65. The Morgan fingerprint density at radius 3 is 2.67 bits per heavy atom. The normalized spacial score (nSPS) is 13.0. The third-order valence-electron chi connectivity index (χ3n) is 1.39. The number of hydrogen-bond donors (Lipinski definition) is 1. The molecule has 1 unspecified atom stereocenters. The van der Waals surface area contributed by atoms with Crippen molar-refractivity contribution in [3.05, 3.63) is 0 Å². The molecule has 3 nitrogen and oxygen atoms in total. The van der Waals surface area contributed by atoms with E-state index in [1.54, 1.807) is 6.34 Å². The predicted octanol–water partition coefficient (Wildman–Crippen LogP) is 1.25. The number of thiocarbonyl (C=S) groups is 1. The van der Waals surface area contributed by atoms with Gasteiger partial charge in [-0.3, -0.25) is 0 Å². The van der Waals surface area contributed by atoms with Gasteiger partial charge in [0.25, 0.3) is 0 Å². The quantitative estimate of drug-likeness (QED) is 0.409. The first-order valence-electron chi connectivity index (χ1n) is 4.07. The van der Waals surface area contributed by atoms with Gasteiger partial charge in [-0.15, -0.1) is 0 Å². The van der Waals surface area contributed by atoms with Gasteiger partial charge in [-0.05, 0) is 25.6 Å². The van der Waals surface area contributed by atoms with Gasteiger partial charge in [-0.25, -0.2) is 4.99 Å². The van der Waals surface area contributed by atoms with Crippen LogP contribution in [0.4, 0.5) is 0 Å². The number of hydrogen-bond acceptors (Lipinski definition) is 1. The maximum absolute atomic E-state index is 4.98. The van der Waals surface area contributed by atoms with Crippen LogP contribution in [0, 0.1) is 0 Å². The Balaban J connectivity index is 3.74. The largest absolute Gasteiger partial charge is 0.369 e. The van der Waals surface area contributed by atoms with Crippen molar-refractivity contribution in [1.29, 1.82) is 0 Å². The molecule has 0 bridgehead atoms. The van der Waals surface area contributed by atoms with Crippen molar-refractivity contribution in [1.82, 2.24) is 10.2 Å². The fraction of sp³-hybridized carbons (Fsp3) is 0.750. The zero-order chi connectivity index (χ0) is 9.56. The second kappa shape index (κ2) is 5.94. The van der Waals surface area contributed by atoms with E-state index < -0.39 is 0 Å². The summed E-state index contributed by atoms with van der Waals surface area (Å²) in [6.07, 6.45) is 2.75. The van der Waals surface area contributed by atoms with Gasteiger partial charge < -0.3 is 10.2 Å². The maximum atomic E-state index is 4.98. The minimum absolute atomic E-state index is 0.400. The van der Waals surface area contributed by atoms with Crippen LogP contribution in [0.3, 0.4) is 0 Å². The van der Waals surface area contributed by atoms with Crippen LogP contribution in [0.15, 0.2) is 4.99 Å². The molecule has 0 radical (unpaired) electrons. The topological polar surface area (TPSA) is 27.6 Å². The van der Waals surface area contributed by atoms with Gasteiger partial charge in [0.05, 0.1) is 6.34 Å². The standard InChI is InChI=1S/C8H17N3S/c1-5-7(2)10-8(12)9-6-11(3)4/h6-7H,5H2,1-4H3,(H,10,12). The highest BCUT2D eigenvalue weighted by Gasteiger charge is 1.97. The molecule has 0 aliphatic heterocycles. The molecule has 0 aliphatic carbocycles. The molecule has 4 heteroatoms. The number of aliphatic imine (C=N–C) groups is 1. The Hall–Kier alpha value is -0.640. The van der Waals surface area contributed by atoms with Crippen molar-refractivity contribution >= 4 is 23.7 Å². The molecular weight excluding hydrogens is 170 g/mol. The molecule has 0 amide bonds. The fourth-order valence-corrected chi connectivity index (χ4v) is 0.766. The summed E-state index contributed by atoms with van der Waals surface area (Å²) >= 11 is 4.98. The number of nitrogens with one attached hydrogen (secondary N) is 1. The molecule has 0 aromatic rings. The molecule has 0 heterocycles. The van der Waals surface area contributed by atoms with E-state index in [4.69, 9.17) is 12.2 Å². The fourth-order valence-electron chi connectivity index (χ4n) is 0.518. The first-order chi connectivity index (χ1) is 5.56. The monoisotopic (exact) mass is 187 g/mol. The highest BCUT2D eigenvalue weighted by molar-refractivity contribution is 7.80. The zero-order valence-corrected chi connectivity index (χ0v) is 8.98. The van der Waals surface area contributed by atoms with E-state index in [9.17, 15) is 0 Å². The SMILES string of the molecule is CCC(C)NC(=S)N=CN(C)C. The van der Waals surface area contributed by atoms with Gasteiger partial charge in [0, 0.05) is 20.1 Å². The van der Waals surface area contributed by atoms with Crippen molar-refractivity contribution < 1.29 is 0 Å². The number of rotatable bonds is 3. The van der Waals surface area contributed by atoms with Crippen molar-refractivity contribution in [2.75, 3.05) is 14.1 Å². The lowest BCUT2D eigenvalue weighted by atomic mass is 10.3. The van der Waals surface area contributed by atoms with Gasteiger partial charge in [-0.2, -0.15) is 0 Å². The first kappa shape index (κ1) is 11.4. The molecule has 0 saturated heterocycles. The lowest BCUT2D eigenvalue weighted by Crippen LogP contribution is -2.29. The summed E-state index contributed by atoms with van der Waals surface area (Å²) in [4.78, 5) is 5.88. The molecule has 0 aromatic carbocycles. The summed E-state index contributed by atoms with van der Waals surface area (Å²) in [5.74, 6) is 0. The molecule has 0 aromatic heterocycles. The molecule has 12 heavy (non-hydrogen) atoms. The second-order valence-corrected chi connectivity index (χ2v) is 3.35. The van der Waals surface area contributed by atoms with E-state index in [2.05, 4.69) is 24.2 Å². The van der Waals surface area contributed by atoms with Gasteiger partial charge >= 0.3 is 0 Å². The van der Waals surface area contributed by atoms with E-state index in [1.807, 2.05) is 19.0 Å². The highest BCUT2D eigenvalue weighted by atomic mass is 32.1. The van der Waals surface area contributed by atoms with E-state index in [1.165, 1.54) is 0 Å². The second-order valence-electron chi connectivity index (χ2n) is 2.97. The molecule has 1 atom stereocenters. The van der Waals surface area contributed by atoms with Crippen molar-refractivity contribution in [3.8, 4) is 0 Å². The Morgan fingerprint density at radius 2 is 2.25 bits per heavy atom. The van der Waals surface area contributed by atoms with Gasteiger partial charge in [0.15, 0.2) is 5.11 Å². The Morgan fingerprint density at radius 1 is 1.67 bits per heavy atom. The molecule has 70 valence electrons. The smallest absolute Gasteiger partial charge is 0.194 e. The summed E-state index contributed by atoms with van der Waals surface area (Å²) in [6.45, 7) is 4.19. The molecule has 0 saturated carbocycles. The maximum Gasteiger partial charge on any atom is 0.194 e. The van der Waals surface area contributed by atoms with Crippen LogP contribution in [0.25, 0.3) is 0 Å². The molecular formula is C8H17N3S. The molecule has 0 spiro atoms. The lowest BCUT2D eigenvalue weighted by Gasteiger charge is -2.10. The average molecular weight is 187 g/mol. The van der Waals surface area contributed by atoms with Gasteiger partial charge in [0.1, 0.15) is 0 Å². The first-order valence-corrected chi connectivity index (χ1v) is 4.48. The molecule has 0 fully saturated rings. The molecule has 0 aliphatic rings. The van der Waals surface area contributed by atoms with E-state index in [0.717, 1.165) is 6.42 Å². The van der Waals surface area contributed by atoms with E-state index >= 15 is 0 Å². The van der Waals surface area contributed by atoms with Crippen molar-refractivity contribution in [2.45, 2.75) is 26.3 Å². The van der Waals surface area contributed by atoms with Crippen molar-refractivity contribution in [3.63, 3.8) is 0 Å². The zero-order valence-electron chi connectivity index (χ0n) is 8.16. The van der Waals surface area contributed by atoms with Crippen LogP contribution in [-0.2, 0) is 0 Å². The molecule has 0 rings (SSSR count). The van der Waals surface area contributed by atoms with Crippen LogP contribution in [0.2, 0.25) is 0 Å². The minimum atomic E-state index is 0.400. The third-order valence-corrected chi connectivity index (χ3v) is 1.61. The summed E-state index contributed by atoms with van der Waals surface area (Å²) < 4.78 is 0. The van der Waals surface area contributed by atoms with E-state index in [-0.39, 0.29) is 0 Å². The molecule has 1 N–H and O–H groups in total. The summed E-state index contributed by atoms with van der Waals surface area (Å²) in [6, 6.07) is 0.400. The number of nitrogens with zero attached hydrogens (tertiary/aromatic N) is 2. The van der Waals surface area contributed by atoms with Crippen LogP contribution in [0.1, 0.15) is 20.3 Å². The summed E-state index contributed by atoms with van der Waals surface area (Å²) in [5.41, 5.74) is 0.